The molecule has 1 saturated heterocycles. The zero-order chi connectivity index (χ0) is 13.7. The van der Waals surface area contributed by atoms with Gasteiger partial charge < -0.3 is 10.5 Å². The number of rotatable bonds is 5. The summed E-state index contributed by atoms with van der Waals surface area (Å²) in [4.78, 5) is 0. The van der Waals surface area contributed by atoms with E-state index in [9.17, 15) is 4.39 Å². The summed E-state index contributed by atoms with van der Waals surface area (Å²) in [6.45, 7) is 2.48. The molecule has 1 aromatic carbocycles. The molecule has 0 bridgehead atoms. The normalized spacial score (nSPS) is 18.3. The minimum atomic E-state index is -0.348. The average molecular weight is 267 g/mol. The van der Waals surface area contributed by atoms with Crippen molar-refractivity contribution >= 4 is 0 Å². The van der Waals surface area contributed by atoms with E-state index in [0.29, 0.717) is 6.54 Å². The van der Waals surface area contributed by atoms with Crippen LogP contribution in [0.3, 0.4) is 0 Å². The van der Waals surface area contributed by atoms with Crippen molar-refractivity contribution in [1.82, 2.24) is 10.4 Å². The summed E-state index contributed by atoms with van der Waals surface area (Å²) in [5.41, 5.74) is 10.0. The summed E-state index contributed by atoms with van der Waals surface area (Å²) in [5, 5.41) is 2.18. The zero-order valence-corrected chi connectivity index (χ0v) is 11.4. The van der Waals surface area contributed by atoms with E-state index in [1.54, 1.807) is 6.07 Å². The maximum absolute atomic E-state index is 13.7. The number of piperidine rings is 1. The second kappa shape index (κ2) is 6.84. The van der Waals surface area contributed by atoms with Gasteiger partial charge in [-0.05, 0) is 30.5 Å². The summed E-state index contributed by atoms with van der Waals surface area (Å²) >= 11 is 0. The Morgan fingerprint density at radius 1 is 1.37 bits per heavy atom. The van der Waals surface area contributed by atoms with Gasteiger partial charge in [-0.3, -0.25) is 0 Å². The van der Waals surface area contributed by atoms with Crippen LogP contribution in [-0.4, -0.2) is 31.8 Å². The van der Waals surface area contributed by atoms with Gasteiger partial charge >= 0.3 is 0 Å². The molecular weight excluding hydrogens is 245 g/mol. The predicted octanol–water partition coefficient (Wildman–Crippen LogP) is 1.82. The molecule has 1 atom stereocenters. The molecule has 1 aromatic rings. The molecule has 4 nitrogen and oxygen atoms in total. The molecule has 0 spiro atoms. The van der Waals surface area contributed by atoms with Gasteiger partial charge in [0.25, 0.3) is 0 Å². The standard InChI is InChI=1S/C14H22FN3O/c1-19-14-6-5-11(9-12(14)15)13(10-16)17-18-7-3-2-4-8-18/h5-6,9,13,17H,2-4,7-8,10,16H2,1H3. The molecule has 2 rings (SSSR count). The number of hydrogen-bond acceptors (Lipinski definition) is 4. The van der Waals surface area contributed by atoms with Crippen molar-refractivity contribution in [1.29, 1.82) is 0 Å². The van der Waals surface area contributed by atoms with Crippen LogP contribution in [-0.2, 0) is 0 Å². The third kappa shape index (κ3) is 3.65. The first-order valence-electron chi connectivity index (χ1n) is 6.79. The van der Waals surface area contributed by atoms with Crippen molar-refractivity contribution < 1.29 is 9.13 Å². The monoisotopic (exact) mass is 267 g/mol. The number of halogens is 1. The van der Waals surface area contributed by atoms with E-state index < -0.39 is 0 Å². The molecule has 0 radical (unpaired) electrons. The smallest absolute Gasteiger partial charge is 0.165 e. The Morgan fingerprint density at radius 2 is 2.11 bits per heavy atom. The van der Waals surface area contributed by atoms with Gasteiger partial charge in [0.05, 0.1) is 13.2 Å². The Kier molecular flexibility index (Phi) is 5.13. The summed E-state index contributed by atoms with van der Waals surface area (Å²) in [6, 6.07) is 4.94. The largest absolute Gasteiger partial charge is 0.494 e. The van der Waals surface area contributed by atoms with E-state index in [2.05, 4.69) is 10.4 Å². The Bertz CT molecular complexity index is 408. The highest BCUT2D eigenvalue weighted by atomic mass is 19.1. The molecule has 1 aliphatic heterocycles. The Balaban J connectivity index is 2.05. The highest BCUT2D eigenvalue weighted by molar-refractivity contribution is 5.31. The molecule has 1 unspecified atom stereocenters. The third-order valence-corrected chi connectivity index (χ3v) is 3.51. The number of hydrazine groups is 1. The Labute approximate surface area is 113 Å². The number of nitrogens with two attached hydrogens (primary N) is 1. The summed E-state index contributed by atoms with van der Waals surface area (Å²) in [7, 11) is 1.46. The lowest BCUT2D eigenvalue weighted by atomic mass is 10.1. The summed E-state index contributed by atoms with van der Waals surface area (Å²) in [5.74, 6) is -0.0867. The van der Waals surface area contributed by atoms with Crippen molar-refractivity contribution in [2.75, 3.05) is 26.7 Å². The van der Waals surface area contributed by atoms with Gasteiger partial charge in [0.15, 0.2) is 11.6 Å². The lowest BCUT2D eigenvalue weighted by molar-refractivity contribution is 0.130. The van der Waals surface area contributed by atoms with Crippen molar-refractivity contribution in [2.45, 2.75) is 25.3 Å². The van der Waals surface area contributed by atoms with E-state index in [1.165, 1.54) is 32.4 Å². The molecule has 0 aliphatic carbocycles. The molecule has 0 aromatic heterocycles. The Hall–Kier alpha value is -1.17. The average Bonchev–Trinajstić information content (AvgIpc) is 2.46. The van der Waals surface area contributed by atoms with Crippen molar-refractivity contribution in [2.24, 2.45) is 5.73 Å². The number of methoxy groups -OCH3 is 1. The van der Waals surface area contributed by atoms with Crippen LogP contribution in [0.1, 0.15) is 30.9 Å². The first-order valence-corrected chi connectivity index (χ1v) is 6.79. The van der Waals surface area contributed by atoms with Crippen molar-refractivity contribution in [3.63, 3.8) is 0 Å². The first-order chi connectivity index (χ1) is 9.24. The number of nitrogens with zero attached hydrogens (tertiary/aromatic N) is 1. The number of nitrogens with one attached hydrogen (secondary N) is 1. The van der Waals surface area contributed by atoms with E-state index >= 15 is 0 Å². The molecule has 0 saturated carbocycles. The topological polar surface area (TPSA) is 50.5 Å². The fraction of sp³-hybridized carbons (Fsp3) is 0.571. The van der Waals surface area contributed by atoms with E-state index in [0.717, 1.165) is 18.7 Å². The van der Waals surface area contributed by atoms with Gasteiger partial charge in [0, 0.05) is 19.6 Å². The highest BCUT2D eigenvalue weighted by Crippen LogP contribution is 2.22. The molecule has 19 heavy (non-hydrogen) atoms. The van der Waals surface area contributed by atoms with Gasteiger partial charge in [-0.25, -0.2) is 14.8 Å². The first kappa shape index (κ1) is 14.2. The number of ether oxygens (including phenoxy) is 1. The number of benzene rings is 1. The van der Waals surface area contributed by atoms with Crippen LogP contribution >= 0.6 is 0 Å². The second-order valence-corrected chi connectivity index (χ2v) is 4.86. The van der Waals surface area contributed by atoms with Crippen molar-refractivity contribution in [3.05, 3.63) is 29.6 Å². The summed E-state index contributed by atoms with van der Waals surface area (Å²) in [6.07, 6.45) is 3.67. The van der Waals surface area contributed by atoms with E-state index in [4.69, 9.17) is 10.5 Å². The lowest BCUT2D eigenvalue weighted by Crippen LogP contribution is -2.45. The maximum atomic E-state index is 13.7. The van der Waals surface area contributed by atoms with Crippen LogP contribution in [0, 0.1) is 5.82 Å². The minimum absolute atomic E-state index is 0.0569. The fourth-order valence-corrected chi connectivity index (χ4v) is 2.41. The van der Waals surface area contributed by atoms with Crippen LogP contribution in [0.15, 0.2) is 18.2 Å². The van der Waals surface area contributed by atoms with Crippen LogP contribution < -0.4 is 15.9 Å². The van der Waals surface area contributed by atoms with E-state index in [1.807, 2.05) is 6.07 Å². The molecular formula is C14H22FN3O. The SMILES string of the molecule is COc1ccc(C(CN)NN2CCCCC2)cc1F. The highest BCUT2D eigenvalue weighted by Gasteiger charge is 2.17. The van der Waals surface area contributed by atoms with Gasteiger partial charge in [-0.2, -0.15) is 0 Å². The molecule has 3 N–H and O–H groups in total. The van der Waals surface area contributed by atoms with Crippen molar-refractivity contribution in [3.8, 4) is 5.75 Å². The minimum Gasteiger partial charge on any atom is -0.494 e. The molecule has 1 aliphatic rings. The fourth-order valence-electron chi connectivity index (χ4n) is 2.41. The molecule has 1 heterocycles. The molecule has 106 valence electrons. The van der Waals surface area contributed by atoms with Crippen LogP contribution in [0.2, 0.25) is 0 Å². The second-order valence-electron chi connectivity index (χ2n) is 4.86. The van der Waals surface area contributed by atoms with E-state index in [-0.39, 0.29) is 17.6 Å². The van der Waals surface area contributed by atoms with Gasteiger partial charge in [0.2, 0.25) is 0 Å². The quantitative estimate of drug-likeness (QED) is 0.854. The van der Waals surface area contributed by atoms with Gasteiger partial charge in [0.1, 0.15) is 0 Å². The lowest BCUT2D eigenvalue weighted by Gasteiger charge is -2.31. The predicted molar refractivity (Wildman–Crippen MR) is 73.3 cm³/mol. The number of hydrogen-bond donors (Lipinski definition) is 2. The Morgan fingerprint density at radius 3 is 2.68 bits per heavy atom. The van der Waals surface area contributed by atoms with Gasteiger partial charge in [-0.1, -0.05) is 12.5 Å². The van der Waals surface area contributed by atoms with Crippen LogP contribution in [0.25, 0.3) is 0 Å². The van der Waals surface area contributed by atoms with Gasteiger partial charge in [-0.15, -0.1) is 0 Å². The zero-order valence-electron chi connectivity index (χ0n) is 11.4. The third-order valence-electron chi connectivity index (χ3n) is 3.51. The van der Waals surface area contributed by atoms with Crippen LogP contribution in [0.5, 0.6) is 5.75 Å². The maximum Gasteiger partial charge on any atom is 0.165 e. The molecule has 1 fully saturated rings. The molecule has 0 amide bonds. The van der Waals surface area contributed by atoms with Crippen LogP contribution in [0.4, 0.5) is 4.39 Å². The summed E-state index contributed by atoms with van der Waals surface area (Å²) < 4.78 is 18.6. The molecule has 5 heteroatoms.